The molecular formula is C17H27N. The predicted octanol–water partition coefficient (Wildman–Crippen LogP) is 4.00. The third-order valence-electron chi connectivity index (χ3n) is 4.83. The Morgan fingerprint density at radius 1 is 1.28 bits per heavy atom. The van der Waals surface area contributed by atoms with Crippen molar-refractivity contribution >= 4 is 0 Å². The molecule has 0 spiro atoms. The Hall–Kier alpha value is -0.740. The fourth-order valence-corrected chi connectivity index (χ4v) is 3.96. The Balaban J connectivity index is 1.87. The van der Waals surface area contributed by atoms with Crippen LogP contribution in [0.25, 0.3) is 0 Å². The Kier molecular flexibility index (Phi) is 5.32. The number of piperidine rings is 1. The van der Waals surface area contributed by atoms with E-state index in [9.17, 15) is 0 Å². The van der Waals surface area contributed by atoms with Crippen LogP contribution in [-0.4, -0.2) is 23.5 Å². The summed E-state index contributed by atoms with van der Waals surface area (Å²) in [6.07, 6.45) is 19.1. The third-order valence-corrected chi connectivity index (χ3v) is 4.83. The zero-order valence-electron chi connectivity index (χ0n) is 11.6. The largest absolute Gasteiger partial charge is 0.297 e. The van der Waals surface area contributed by atoms with E-state index in [0.717, 1.165) is 24.4 Å². The van der Waals surface area contributed by atoms with Gasteiger partial charge in [0.05, 0.1) is 0 Å². The minimum absolute atomic E-state index is 0.825. The minimum Gasteiger partial charge on any atom is -0.297 e. The van der Waals surface area contributed by atoms with Crippen LogP contribution in [0.2, 0.25) is 0 Å². The summed E-state index contributed by atoms with van der Waals surface area (Å²) in [5, 5.41) is 0. The van der Waals surface area contributed by atoms with E-state index in [1.54, 1.807) is 0 Å². The van der Waals surface area contributed by atoms with Gasteiger partial charge < -0.3 is 0 Å². The maximum Gasteiger partial charge on any atom is 0.0127 e. The van der Waals surface area contributed by atoms with Crippen LogP contribution in [0, 0.1) is 18.3 Å². The monoisotopic (exact) mass is 245 g/mol. The first-order valence-electron chi connectivity index (χ1n) is 7.67. The number of fused-ring (bicyclic) bond motifs is 1. The summed E-state index contributed by atoms with van der Waals surface area (Å²) in [5.74, 6) is 3.70. The highest BCUT2D eigenvalue weighted by Gasteiger charge is 2.38. The summed E-state index contributed by atoms with van der Waals surface area (Å²) in [6, 6.07) is 1.69. The second-order valence-electron chi connectivity index (χ2n) is 5.90. The van der Waals surface area contributed by atoms with Crippen molar-refractivity contribution in [2.45, 2.75) is 69.9 Å². The molecule has 2 saturated heterocycles. The standard InChI is InChI=1S/C17H27N/c1-3-5-7-10-16-13-12-15(9-6-4-2)17-11-8-14-18(16)17/h1,4,15-17H,2,5-14H2. The molecule has 1 nitrogen and oxygen atoms in total. The van der Waals surface area contributed by atoms with Gasteiger partial charge in [-0.15, -0.1) is 18.9 Å². The van der Waals surface area contributed by atoms with E-state index >= 15 is 0 Å². The molecule has 3 atom stereocenters. The van der Waals surface area contributed by atoms with Gasteiger partial charge in [-0.05, 0) is 63.8 Å². The number of terminal acetylenes is 1. The minimum atomic E-state index is 0.825. The number of rotatable bonds is 6. The molecule has 0 N–H and O–H groups in total. The van der Waals surface area contributed by atoms with Gasteiger partial charge in [0.1, 0.15) is 0 Å². The second-order valence-corrected chi connectivity index (χ2v) is 5.90. The number of hydrogen-bond acceptors (Lipinski definition) is 1. The van der Waals surface area contributed by atoms with Crippen molar-refractivity contribution in [2.24, 2.45) is 5.92 Å². The van der Waals surface area contributed by atoms with Crippen molar-refractivity contribution in [1.29, 1.82) is 0 Å². The van der Waals surface area contributed by atoms with Crippen LogP contribution in [0.15, 0.2) is 12.7 Å². The zero-order valence-corrected chi connectivity index (χ0v) is 11.6. The summed E-state index contributed by atoms with van der Waals surface area (Å²) in [5.41, 5.74) is 0. The molecule has 0 aliphatic carbocycles. The van der Waals surface area contributed by atoms with Crippen molar-refractivity contribution in [1.82, 2.24) is 4.90 Å². The molecule has 0 bridgehead atoms. The Morgan fingerprint density at radius 3 is 2.94 bits per heavy atom. The molecular weight excluding hydrogens is 218 g/mol. The van der Waals surface area contributed by atoms with Gasteiger partial charge in [-0.25, -0.2) is 0 Å². The van der Waals surface area contributed by atoms with Crippen LogP contribution in [0.5, 0.6) is 0 Å². The molecule has 1 heteroatoms. The van der Waals surface area contributed by atoms with E-state index in [2.05, 4.69) is 23.5 Å². The number of hydrogen-bond donors (Lipinski definition) is 0. The highest BCUT2D eigenvalue weighted by molar-refractivity contribution is 4.95. The van der Waals surface area contributed by atoms with Gasteiger partial charge in [0.2, 0.25) is 0 Å². The highest BCUT2D eigenvalue weighted by Crippen LogP contribution is 2.38. The van der Waals surface area contributed by atoms with Crippen molar-refractivity contribution in [3.05, 3.63) is 12.7 Å². The highest BCUT2D eigenvalue weighted by atomic mass is 15.2. The molecule has 0 radical (unpaired) electrons. The fraction of sp³-hybridized carbons (Fsp3) is 0.765. The van der Waals surface area contributed by atoms with Crippen molar-refractivity contribution < 1.29 is 0 Å². The first-order valence-corrected chi connectivity index (χ1v) is 7.67. The van der Waals surface area contributed by atoms with Gasteiger partial charge >= 0.3 is 0 Å². The molecule has 2 aliphatic rings. The molecule has 0 saturated carbocycles. The lowest BCUT2D eigenvalue weighted by atomic mass is 9.82. The first-order chi connectivity index (χ1) is 8.86. The number of nitrogens with zero attached hydrogens (tertiary/aromatic N) is 1. The maximum absolute atomic E-state index is 5.35. The van der Waals surface area contributed by atoms with E-state index in [4.69, 9.17) is 6.42 Å². The smallest absolute Gasteiger partial charge is 0.0127 e. The molecule has 2 fully saturated rings. The molecule has 0 aromatic heterocycles. The van der Waals surface area contributed by atoms with Crippen LogP contribution in [0.3, 0.4) is 0 Å². The van der Waals surface area contributed by atoms with E-state index in [-0.39, 0.29) is 0 Å². The summed E-state index contributed by atoms with van der Waals surface area (Å²) >= 11 is 0. The summed E-state index contributed by atoms with van der Waals surface area (Å²) in [7, 11) is 0. The SMILES string of the molecule is C#CCCCC1CCC(CCC=C)C2CCCN12. The Bertz CT molecular complexity index is 301. The van der Waals surface area contributed by atoms with Crippen LogP contribution < -0.4 is 0 Å². The lowest BCUT2D eigenvalue weighted by molar-refractivity contribution is 0.0648. The summed E-state index contributed by atoms with van der Waals surface area (Å²) in [4.78, 5) is 2.81. The van der Waals surface area contributed by atoms with Gasteiger partial charge in [-0.2, -0.15) is 0 Å². The second kappa shape index (κ2) is 7.00. The molecule has 3 unspecified atom stereocenters. The molecule has 0 aromatic rings. The van der Waals surface area contributed by atoms with Gasteiger partial charge in [-0.3, -0.25) is 4.90 Å². The van der Waals surface area contributed by atoms with Crippen molar-refractivity contribution in [2.75, 3.05) is 6.54 Å². The predicted molar refractivity (Wildman–Crippen MR) is 78.4 cm³/mol. The van der Waals surface area contributed by atoms with E-state index in [0.29, 0.717) is 0 Å². The van der Waals surface area contributed by atoms with Crippen LogP contribution in [0.4, 0.5) is 0 Å². The Labute approximate surface area is 113 Å². The van der Waals surface area contributed by atoms with Gasteiger partial charge in [0.15, 0.2) is 0 Å². The maximum atomic E-state index is 5.35. The van der Waals surface area contributed by atoms with Crippen LogP contribution in [0.1, 0.15) is 57.8 Å². The van der Waals surface area contributed by atoms with Gasteiger partial charge in [0, 0.05) is 18.5 Å². The van der Waals surface area contributed by atoms with Crippen molar-refractivity contribution in [3.63, 3.8) is 0 Å². The number of unbranched alkanes of at least 4 members (excludes halogenated alkanes) is 1. The first kappa shape index (κ1) is 13.7. The molecule has 2 heterocycles. The molecule has 18 heavy (non-hydrogen) atoms. The van der Waals surface area contributed by atoms with Gasteiger partial charge in [-0.1, -0.05) is 6.08 Å². The fourth-order valence-electron chi connectivity index (χ4n) is 3.96. The molecule has 0 aromatic carbocycles. The van der Waals surface area contributed by atoms with Crippen LogP contribution >= 0.6 is 0 Å². The Morgan fingerprint density at radius 2 is 2.17 bits per heavy atom. The quantitative estimate of drug-likeness (QED) is 0.388. The zero-order chi connectivity index (χ0) is 12.8. The molecule has 2 aliphatic heterocycles. The molecule has 100 valence electrons. The third kappa shape index (κ3) is 3.18. The summed E-state index contributed by atoms with van der Waals surface area (Å²) < 4.78 is 0. The van der Waals surface area contributed by atoms with E-state index < -0.39 is 0 Å². The number of allylic oxidation sites excluding steroid dienone is 1. The average Bonchev–Trinajstić information content (AvgIpc) is 2.87. The van der Waals surface area contributed by atoms with Crippen LogP contribution in [-0.2, 0) is 0 Å². The lowest BCUT2D eigenvalue weighted by Crippen LogP contribution is -2.47. The van der Waals surface area contributed by atoms with Crippen molar-refractivity contribution in [3.8, 4) is 12.3 Å². The lowest BCUT2D eigenvalue weighted by Gasteiger charge is -2.43. The van der Waals surface area contributed by atoms with Gasteiger partial charge in [0.25, 0.3) is 0 Å². The van der Waals surface area contributed by atoms with E-state index in [1.807, 2.05) is 0 Å². The molecule has 0 amide bonds. The topological polar surface area (TPSA) is 3.24 Å². The molecule has 2 rings (SSSR count). The van der Waals surface area contributed by atoms with E-state index in [1.165, 1.54) is 57.9 Å². The summed E-state index contributed by atoms with van der Waals surface area (Å²) in [6.45, 7) is 5.19. The normalized spacial score (nSPS) is 31.8. The average molecular weight is 245 g/mol.